The van der Waals surface area contributed by atoms with Gasteiger partial charge < -0.3 is 9.72 Å². The molecule has 0 saturated heterocycles. The molecule has 0 aliphatic rings. The summed E-state index contributed by atoms with van der Waals surface area (Å²) in [5.41, 5.74) is 2.30. The van der Waals surface area contributed by atoms with Gasteiger partial charge in [-0.2, -0.15) is 4.98 Å². The standard InChI is InChI=1S/C11H10N4O2/c1-6-9-11(16)13-7-3-4-8(17-2)14-10(7)15(9)5-12-6/h3-5H,1-2H3,(H,13,16). The third kappa shape index (κ3) is 1.30. The van der Waals surface area contributed by atoms with E-state index in [0.717, 1.165) is 0 Å². The van der Waals surface area contributed by atoms with Crippen molar-refractivity contribution in [1.82, 2.24) is 19.4 Å². The normalized spacial score (nSPS) is 11.2. The van der Waals surface area contributed by atoms with Gasteiger partial charge in [-0.15, -0.1) is 0 Å². The molecular formula is C11H10N4O2. The van der Waals surface area contributed by atoms with Crippen molar-refractivity contribution in [2.24, 2.45) is 0 Å². The molecule has 0 aromatic carbocycles. The maximum Gasteiger partial charge on any atom is 0.274 e. The number of nitrogens with one attached hydrogen (secondary N) is 1. The molecule has 17 heavy (non-hydrogen) atoms. The number of rotatable bonds is 1. The summed E-state index contributed by atoms with van der Waals surface area (Å²) < 4.78 is 6.74. The molecular weight excluding hydrogens is 220 g/mol. The number of imidazole rings is 1. The number of hydrogen-bond donors (Lipinski definition) is 1. The second-order valence-electron chi connectivity index (χ2n) is 3.73. The topological polar surface area (TPSA) is 72.3 Å². The van der Waals surface area contributed by atoms with Gasteiger partial charge in [0.05, 0.1) is 18.3 Å². The van der Waals surface area contributed by atoms with Gasteiger partial charge in [0.1, 0.15) is 11.8 Å². The Balaban J connectivity index is 2.56. The van der Waals surface area contributed by atoms with Gasteiger partial charge in [-0.25, -0.2) is 4.98 Å². The molecule has 0 fully saturated rings. The number of aryl methyl sites for hydroxylation is 1. The summed E-state index contributed by atoms with van der Waals surface area (Å²) in [6.07, 6.45) is 1.59. The van der Waals surface area contributed by atoms with Crippen molar-refractivity contribution >= 4 is 16.7 Å². The SMILES string of the molecule is COc1ccc2[nH]c(=O)c3c(C)ncn3c2n1. The summed E-state index contributed by atoms with van der Waals surface area (Å²) in [5.74, 6) is 0.497. The van der Waals surface area contributed by atoms with Crippen molar-refractivity contribution in [1.29, 1.82) is 0 Å². The smallest absolute Gasteiger partial charge is 0.274 e. The maximum absolute atomic E-state index is 11.9. The van der Waals surface area contributed by atoms with Crippen LogP contribution in [0.5, 0.6) is 5.88 Å². The monoisotopic (exact) mass is 230 g/mol. The number of fused-ring (bicyclic) bond motifs is 3. The molecule has 0 atom stereocenters. The molecule has 0 radical (unpaired) electrons. The second-order valence-corrected chi connectivity index (χ2v) is 3.73. The number of aromatic nitrogens is 4. The van der Waals surface area contributed by atoms with E-state index in [9.17, 15) is 4.79 Å². The highest BCUT2D eigenvalue weighted by molar-refractivity contribution is 5.75. The average Bonchev–Trinajstić information content (AvgIpc) is 2.72. The summed E-state index contributed by atoms with van der Waals surface area (Å²) in [4.78, 5) is 23.1. The minimum Gasteiger partial charge on any atom is -0.481 e. The van der Waals surface area contributed by atoms with Gasteiger partial charge in [0, 0.05) is 6.07 Å². The summed E-state index contributed by atoms with van der Waals surface area (Å²) >= 11 is 0. The molecule has 0 unspecified atom stereocenters. The van der Waals surface area contributed by atoms with E-state index in [1.54, 1.807) is 36.9 Å². The van der Waals surface area contributed by atoms with Crippen LogP contribution in [0.1, 0.15) is 5.69 Å². The summed E-state index contributed by atoms with van der Waals surface area (Å²) in [6.45, 7) is 1.79. The predicted molar refractivity (Wildman–Crippen MR) is 62.4 cm³/mol. The minimum absolute atomic E-state index is 0.167. The van der Waals surface area contributed by atoms with Gasteiger partial charge in [-0.1, -0.05) is 0 Å². The third-order valence-corrected chi connectivity index (χ3v) is 2.70. The van der Waals surface area contributed by atoms with Crippen molar-refractivity contribution in [2.45, 2.75) is 6.92 Å². The van der Waals surface area contributed by atoms with Crippen LogP contribution >= 0.6 is 0 Å². The van der Waals surface area contributed by atoms with E-state index >= 15 is 0 Å². The molecule has 0 aliphatic heterocycles. The molecule has 0 amide bonds. The first-order chi connectivity index (χ1) is 8.20. The highest BCUT2D eigenvalue weighted by atomic mass is 16.5. The zero-order valence-corrected chi connectivity index (χ0v) is 9.39. The first-order valence-electron chi connectivity index (χ1n) is 5.11. The summed E-state index contributed by atoms with van der Waals surface area (Å²) in [6, 6.07) is 3.46. The first-order valence-corrected chi connectivity index (χ1v) is 5.11. The zero-order chi connectivity index (χ0) is 12.0. The molecule has 6 heteroatoms. The molecule has 0 bridgehead atoms. The fourth-order valence-electron chi connectivity index (χ4n) is 1.88. The van der Waals surface area contributed by atoms with Gasteiger partial charge in [0.2, 0.25) is 5.88 Å². The molecule has 3 heterocycles. The fourth-order valence-corrected chi connectivity index (χ4v) is 1.88. The van der Waals surface area contributed by atoms with Crippen molar-refractivity contribution in [3.63, 3.8) is 0 Å². The number of hydrogen-bond acceptors (Lipinski definition) is 4. The van der Waals surface area contributed by atoms with Crippen LogP contribution in [0, 0.1) is 6.92 Å². The van der Waals surface area contributed by atoms with E-state index in [1.807, 2.05) is 0 Å². The van der Waals surface area contributed by atoms with Crippen LogP contribution in [0.15, 0.2) is 23.3 Å². The minimum atomic E-state index is -0.167. The van der Waals surface area contributed by atoms with Crippen molar-refractivity contribution in [2.75, 3.05) is 7.11 Å². The number of nitrogens with zero attached hydrogens (tertiary/aromatic N) is 3. The largest absolute Gasteiger partial charge is 0.481 e. The molecule has 0 saturated carbocycles. The molecule has 0 spiro atoms. The molecule has 86 valence electrons. The van der Waals surface area contributed by atoms with Gasteiger partial charge >= 0.3 is 0 Å². The van der Waals surface area contributed by atoms with E-state index in [2.05, 4.69) is 15.0 Å². The van der Waals surface area contributed by atoms with Crippen LogP contribution in [0.3, 0.4) is 0 Å². The average molecular weight is 230 g/mol. The van der Waals surface area contributed by atoms with Crippen molar-refractivity contribution in [3.8, 4) is 5.88 Å². The van der Waals surface area contributed by atoms with Crippen LogP contribution in [0.2, 0.25) is 0 Å². The quantitative estimate of drug-likeness (QED) is 0.673. The van der Waals surface area contributed by atoms with Gasteiger partial charge in [-0.05, 0) is 13.0 Å². The van der Waals surface area contributed by atoms with Crippen LogP contribution in [-0.2, 0) is 0 Å². The number of methoxy groups -OCH3 is 1. The molecule has 1 N–H and O–H groups in total. The van der Waals surface area contributed by atoms with Crippen LogP contribution in [0.25, 0.3) is 16.7 Å². The molecule has 0 aliphatic carbocycles. The number of pyridine rings is 1. The summed E-state index contributed by atoms with van der Waals surface area (Å²) in [5, 5.41) is 0. The molecule has 3 rings (SSSR count). The van der Waals surface area contributed by atoms with Crippen molar-refractivity contribution in [3.05, 3.63) is 34.5 Å². The van der Waals surface area contributed by atoms with Crippen molar-refractivity contribution < 1.29 is 4.74 Å². The highest BCUT2D eigenvalue weighted by Crippen LogP contribution is 2.15. The lowest BCUT2D eigenvalue weighted by Gasteiger charge is -2.03. The van der Waals surface area contributed by atoms with E-state index in [1.165, 1.54) is 0 Å². The summed E-state index contributed by atoms with van der Waals surface area (Å²) in [7, 11) is 1.55. The van der Waals surface area contributed by atoms with E-state index in [-0.39, 0.29) is 5.56 Å². The lowest BCUT2D eigenvalue weighted by atomic mass is 10.3. The van der Waals surface area contributed by atoms with Gasteiger partial charge in [0.25, 0.3) is 5.56 Å². The number of H-pyrrole nitrogens is 1. The molecule has 3 aromatic rings. The lowest BCUT2D eigenvalue weighted by Crippen LogP contribution is -2.11. The highest BCUT2D eigenvalue weighted by Gasteiger charge is 2.10. The predicted octanol–water partition coefficient (Wildman–Crippen LogP) is 0.888. The van der Waals surface area contributed by atoms with E-state index < -0.39 is 0 Å². The number of ether oxygens (including phenoxy) is 1. The molecule has 3 aromatic heterocycles. The fraction of sp³-hybridized carbons (Fsp3) is 0.182. The Morgan fingerprint density at radius 3 is 3.00 bits per heavy atom. The zero-order valence-electron chi connectivity index (χ0n) is 9.39. The van der Waals surface area contributed by atoms with E-state index in [0.29, 0.717) is 28.3 Å². The number of aromatic amines is 1. The Labute approximate surface area is 95.9 Å². The second kappa shape index (κ2) is 3.31. The van der Waals surface area contributed by atoms with Crippen LogP contribution in [-0.4, -0.2) is 26.5 Å². The van der Waals surface area contributed by atoms with Gasteiger partial charge in [0.15, 0.2) is 5.65 Å². The maximum atomic E-state index is 11.9. The Morgan fingerprint density at radius 1 is 1.41 bits per heavy atom. The van der Waals surface area contributed by atoms with E-state index in [4.69, 9.17) is 4.74 Å². The Hall–Kier alpha value is -2.37. The van der Waals surface area contributed by atoms with Crippen LogP contribution < -0.4 is 10.3 Å². The Bertz CT molecular complexity index is 772. The van der Waals surface area contributed by atoms with Gasteiger partial charge in [-0.3, -0.25) is 9.20 Å². The Morgan fingerprint density at radius 2 is 2.24 bits per heavy atom. The first kappa shape index (κ1) is 9.83. The lowest BCUT2D eigenvalue weighted by molar-refractivity contribution is 0.399. The molecule has 6 nitrogen and oxygen atoms in total. The third-order valence-electron chi connectivity index (χ3n) is 2.70. The Kier molecular flexibility index (Phi) is 1.91. The van der Waals surface area contributed by atoms with Crippen LogP contribution in [0.4, 0.5) is 0 Å².